The summed E-state index contributed by atoms with van der Waals surface area (Å²) in [4.78, 5) is 0. The molecule has 4 aliphatic rings. The number of rotatable bonds is 17. The molecule has 0 bridgehead atoms. The molecule has 3 heterocycles. The molecule has 51 heavy (non-hydrogen) atoms. The molecule has 3 aliphatic heterocycles. The molecule has 4 fully saturated rings. The summed E-state index contributed by atoms with van der Waals surface area (Å²) >= 11 is 0. The highest BCUT2D eigenvalue weighted by molar-refractivity contribution is 7.91. The first-order valence-electron chi connectivity index (χ1n) is 17.4. The lowest BCUT2D eigenvalue weighted by Crippen LogP contribution is -2.64. The highest BCUT2D eigenvalue weighted by atomic mass is 32.2. The first-order chi connectivity index (χ1) is 24.2. The minimum Gasteiger partial charge on any atom is -0.394 e. The van der Waals surface area contributed by atoms with E-state index in [1.54, 1.807) is 0 Å². The smallest absolute Gasteiger partial charge is 0.187 e. The number of hydrogen-bond donors (Lipinski definition) is 13. The Hall–Kier alpha value is -0.810. The second-order valence-corrected chi connectivity index (χ2v) is 16.0. The van der Waals surface area contributed by atoms with E-state index in [1.165, 1.54) is 0 Å². The lowest BCUT2D eigenvalue weighted by atomic mass is 9.80. The van der Waals surface area contributed by atoms with E-state index in [1.807, 2.05) is 0 Å². The molecule has 1 saturated carbocycles. The first-order valence-corrected chi connectivity index (χ1v) is 19.2. The van der Waals surface area contributed by atoms with Gasteiger partial charge in [-0.15, -0.1) is 0 Å². The van der Waals surface area contributed by atoms with Crippen molar-refractivity contribution in [2.24, 2.45) is 40.3 Å². The molecule has 18 atom stereocenters. The molecule has 4 rings (SSSR count). The van der Waals surface area contributed by atoms with Crippen molar-refractivity contribution in [3.05, 3.63) is 0 Å². The normalized spacial score (nSPS) is 45.3. The van der Waals surface area contributed by atoms with Crippen LogP contribution < -0.4 is 39.7 Å². The maximum absolute atomic E-state index is 12.8. The van der Waals surface area contributed by atoms with Crippen LogP contribution in [-0.2, 0) is 38.3 Å². The van der Waals surface area contributed by atoms with Crippen LogP contribution in [0.15, 0.2) is 0 Å². The van der Waals surface area contributed by atoms with Gasteiger partial charge in [0.1, 0.15) is 48.8 Å². The fourth-order valence-corrected chi connectivity index (χ4v) is 8.49. The molecule has 0 amide bonds. The van der Waals surface area contributed by atoms with Crippen molar-refractivity contribution in [1.29, 1.82) is 0 Å². The van der Waals surface area contributed by atoms with Gasteiger partial charge in [0.15, 0.2) is 28.7 Å². The van der Waals surface area contributed by atoms with Gasteiger partial charge in [-0.1, -0.05) is 0 Å². The van der Waals surface area contributed by atoms with Gasteiger partial charge in [-0.3, -0.25) is 0 Å². The van der Waals surface area contributed by atoms with E-state index in [0.717, 1.165) is 0 Å². The summed E-state index contributed by atoms with van der Waals surface area (Å²) in [5.74, 6) is -1.74. The van der Waals surface area contributed by atoms with E-state index in [4.69, 9.17) is 62.8 Å². The zero-order valence-corrected chi connectivity index (χ0v) is 29.3. The van der Waals surface area contributed by atoms with Crippen molar-refractivity contribution < 1.29 is 67.5 Å². The minimum absolute atomic E-state index is 0.0172. The number of hydrogen-bond acceptors (Lipinski definition) is 21. The van der Waals surface area contributed by atoms with E-state index >= 15 is 0 Å². The van der Waals surface area contributed by atoms with E-state index < -0.39 is 132 Å². The Balaban J connectivity index is 1.55. The Morgan fingerprint density at radius 2 is 1.35 bits per heavy atom. The second-order valence-electron chi connectivity index (χ2n) is 13.8. The lowest BCUT2D eigenvalue weighted by Gasteiger charge is -2.47. The number of sulfone groups is 1. The molecule has 22 heteroatoms. The zero-order chi connectivity index (χ0) is 37.6. The molecular formula is C29H59N7O14S. The van der Waals surface area contributed by atoms with Crippen LogP contribution in [0.1, 0.15) is 19.3 Å². The third kappa shape index (κ3) is 10.5. The van der Waals surface area contributed by atoms with E-state index in [9.17, 15) is 39.1 Å². The predicted octanol–water partition coefficient (Wildman–Crippen LogP) is -8.22. The summed E-state index contributed by atoms with van der Waals surface area (Å²) in [5, 5.41) is 67.6. The monoisotopic (exact) mass is 761 g/mol. The SMILES string of the molecule is NCCCNC[C@H]1O[C@H](O[C@H]2[C@H](O[C@@H]3O[C@H](CO)[C@@H](O[C@H]4O[C@@H](CN)[C@@H](O)[C@H](O)[C@H]4N)[C@H]3O)[C@@H](O)[C@H](CS(=O)(=O)CCN)C[C@@H]2N)[C@H](N)C[C@@H]1O. The van der Waals surface area contributed by atoms with Crippen LogP contribution in [0.3, 0.4) is 0 Å². The first kappa shape index (κ1) is 42.9. The van der Waals surface area contributed by atoms with Gasteiger partial charge in [0.2, 0.25) is 0 Å². The average molecular weight is 762 g/mol. The van der Waals surface area contributed by atoms with Crippen LogP contribution in [0, 0.1) is 5.92 Å². The molecule has 300 valence electrons. The number of nitrogens with one attached hydrogen (secondary N) is 1. The Kier molecular flexibility index (Phi) is 16.1. The van der Waals surface area contributed by atoms with Crippen molar-refractivity contribution >= 4 is 9.84 Å². The van der Waals surface area contributed by atoms with Crippen molar-refractivity contribution in [3.8, 4) is 0 Å². The topological polar surface area (TPSA) is 379 Å². The van der Waals surface area contributed by atoms with Gasteiger partial charge in [0, 0.05) is 31.6 Å². The molecule has 19 N–H and O–H groups in total. The van der Waals surface area contributed by atoms with Gasteiger partial charge < -0.3 is 98.8 Å². The van der Waals surface area contributed by atoms with Crippen LogP contribution in [0.4, 0.5) is 0 Å². The molecular weight excluding hydrogens is 702 g/mol. The van der Waals surface area contributed by atoms with Gasteiger partial charge in [0.25, 0.3) is 0 Å². The molecule has 1 aliphatic carbocycles. The Morgan fingerprint density at radius 3 is 2.00 bits per heavy atom. The largest absolute Gasteiger partial charge is 0.394 e. The Morgan fingerprint density at radius 1 is 0.706 bits per heavy atom. The lowest BCUT2D eigenvalue weighted by molar-refractivity contribution is -0.298. The van der Waals surface area contributed by atoms with Gasteiger partial charge in [-0.2, -0.15) is 0 Å². The maximum Gasteiger partial charge on any atom is 0.187 e. The standard InChI is InChI=1S/C29H59N7O14S/c30-2-1-4-36-9-17-15(38)7-14(34)27(46-17)48-24-13(33)6-12(11-51(43,44)5-3-31)20(39)26(24)50-29-23(42)25(18(10-37)47-29)49-28-19(35)22(41)21(40)16(8-32)45-28/h12-29,36-42H,1-11,30-35H2/t12-,13-,14+,15-,16-,17+,18+,19+,20-,21+,22+,23+,24+,25+,26+,27+,28+,29-/m0/s1. The number of ether oxygens (including phenoxy) is 6. The molecule has 3 saturated heterocycles. The van der Waals surface area contributed by atoms with Crippen LogP contribution in [-0.4, -0.2) is 194 Å². The van der Waals surface area contributed by atoms with E-state index in [2.05, 4.69) is 5.32 Å². The highest BCUT2D eigenvalue weighted by Gasteiger charge is 2.54. The average Bonchev–Trinajstić information content (AvgIpc) is 3.37. The van der Waals surface area contributed by atoms with Gasteiger partial charge in [-0.25, -0.2) is 8.42 Å². The summed E-state index contributed by atoms with van der Waals surface area (Å²) < 4.78 is 61.3. The number of aliphatic hydroxyl groups is 6. The molecule has 0 radical (unpaired) electrons. The Bertz CT molecular complexity index is 1170. The summed E-state index contributed by atoms with van der Waals surface area (Å²) in [7, 11) is -3.72. The van der Waals surface area contributed by atoms with Crippen LogP contribution >= 0.6 is 0 Å². The molecule has 0 unspecified atom stereocenters. The fourth-order valence-electron chi connectivity index (χ4n) is 6.98. The number of aliphatic hydroxyl groups excluding tert-OH is 6. The molecule has 0 aromatic rings. The summed E-state index contributed by atoms with van der Waals surface area (Å²) in [6.45, 7) is 0.321. The van der Waals surface area contributed by atoms with Gasteiger partial charge in [-0.05, 0) is 32.4 Å². The van der Waals surface area contributed by atoms with Gasteiger partial charge >= 0.3 is 0 Å². The fraction of sp³-hybridized carbons (Fsp3) is 1.00. The van der Waals surface area contributed by atoms with E-state index in [0.29, 0.717) is 19.5 Å². The molecule has 0 aromatic carbocycles. The van der Waals surface area contributed by atoms with Crippen LogP contribution in [0.2, 0.25) is 0 Å². The van der Waals surface area contributed by atoms with Crippen molar-refractivity contribution in [2.75, 3.05) is 50.8 Å². The third-order valence-electron chi connectivity index (χ3n) is 9.87. The Labute approximate surface area is 297 Å². The quantitative estimate of drug-likeness (QED) is 0.0612. The summed E-state index contributed by atoms with van der Waals surface area (Å²) in [6.07, 6.45) is -17.4. The van der Waals surface area contributed by atoms with Crippen molar-refractivity contribution in [3.63, 3.8) is 0 Å². The van der Waals surface area contributed by atoms with E-state index in [-0.39, 0.29) is 38.2 Å². The van der Waals surface area contributed by atoms with Crippen molar-refractivity contribution in [1.82, 2.24) is 5.32 Å². The summed E-state index contributed by atoms with van der Waals surface area (Å²) in [5.41, 5.74) is 35.6. The van der Waals surface area contributed by atoms with Crippen LogP contribution in [0.5, 0.6) is 0 Å². The maximum atomic E-state index is 12.8. The molecule has 0 spiro atoms. The highest BCUT2D eigenvalue weighted by Crippen LogP contribution is 2.36. The van der Waals surface area contributed by atoms with Crippen molar-refractivity contribution in [2.45, 2.75) is 123 Å². The molecule has 21 nitrogen and oxygen atoms in total. The number of nitrogens with two attached hydrogens (primary N) is 6. The predicted molar refractivity (Wildman–Crippen MR) is 178 cm³/mol. The van der Waals surface area contributed by atoms with Gasteiger partial charge in [0.05, 0.1) is 48.5 Å². The third-order valence-corrected chi connectivity index (χ3v) is 11.7. The zero-order valence-electron chi connectivity index (χ0n) is 28.5. The molecule has 0 aromatic heterocycles. The second kappa shape index (κ2) is 19.2. The van der Waals surface area contributed by atoms with Crippen LogP contribution in [0.25, 0.3) is 0 Å². The minimum atomic E-state index is -3.72. The summed E-state index contributed by atoms with van der Waals surface area (Å²) in [6, 6.07) is -3.06.